The maximum Gasteiger partial charge on any atom is 0.134 e. The summed E-state index contributed by atoms with van der Waals surface area (Å²) in [5, 5.41) is 13.2. The molecule has 0 bridgehead atoms. The summed E-state index contributed by atoms with van der Waals surface area (Å²) in [5.41, 5.74) is 1.85. The molecule has 0 aromatic heterocycles. The number of hydrogen-bond acceptors (Lipinski definition) is 3. The molecule has 0 spiro atoms. The predicted octanol–water partition coefficient (Wildman–Crippen LogP) is 2.01. The molecule has 15 heavy (non-hydrogen) atoms. The van der Waals surface area contributed by atoms with Crippen molar-refractivity contribution in [1.82, 2.24) is 5.32 Å². The van der Waals surface area contributed by atoms with E-state index in [1.54, 1.807) is 6.07 Å². The van der Waals surface area contributed by atoms with Crippen molar-refractivity contribution in [3.05, 3.63) is 28.3 Å². The summed E-state index contributed by atoms with van der Waals surface area (Å²) in [6.45, 7) is 4.21. The number of ether oxygens (including phenoxy) is 1. The molecule has 1 atom stereocenters. The van der Waals surface area contributed by atoms with Crippen LogP contribution in [0, 0.1) is 6.92 Å². The lowest BCUT2D eigenvalue weighted by Gasteiger charge is -2.25. The highest BCUT2D eigenvalue weighted by atomic mass is 35.5. The van der Waals surface area contributed by atoms with Gasteiger partial charge in [0.2, 0.25) is 0 Å². The van der Waals surface area contributed by atoms with E-state index in [1.165, 1.54) is 0 Å². The van der Waals surface area contributed by atoms with Crippen molar-refractivity contribution in [2.75, 3.05) is 19.7 Å². The van der Waals surface area contributed by atoms with Crippen molar-refractivity contribution in [2.24, 2.45) is 0 Å². The zero-order valence-corrected chi connectivity index (χ0v) is 9.34. The first-order valence-corrected chi connectivity index (χ1v) is 5.37. The number of rotatable bonds is 1. The number of morpholine rings is 1. The molecule has 0 aliphatic carbocycles. The number of nitrogens with one attached hydrogen (secondary N) is 1. The van der Waals surface area contributed by atoms with Gasteiger partial charge < -0.3 is 15.2 Å². The largest absolute Gasteiger partial charge is 0.506 e. The maximum atomic E-state index is 9.60. The standard InChI is InChI=1S/C11H14ClNO2/c1-7-4-8(11(12)9(14)5-7)10-6-13-2-3-15-10/h4-5,10,13-14H,2-3,6H2,1H3. The average molecular weight is 228 g/mol. The molecule has 0 amide bonds. The van der Waals surface area contributed by atoms with Gasteiger partial charge in [0, 0.05) is 18.7 Å². The maximum absolute atomic E-state index is 9.60. The third-order valence-electron chi connectivity index (χ3n) is 2.50. The Kier molecular flexibility index (Phi) is 3.14. The van der Waals surface area contributed by atoms with Gasteiger partial charge in [0.05, 0.1) is 17.7 Å². The second kappa shape index (κ2) is 4.39. The van der Waals surface area contributed by atoms with Gasteiger partial charge in [-0.05, 0) is 18.6 Å². The van der Waals surface area contributed by atoms with Gasteiger partial charge in [-0.2, -0.15) is 0 Å². The first-order chi connectivity index (χ1) is 7.18. The van der Waals surface area contributed by atoms with Crippen LogP contribution in [0.5, 0.6) is 5.75 Å². The second-order valence-corrected chi connectivity index (χ2v) is 4.13. The molecule has 1 aliphatic rings. The number of phenolic OH excluding ortho intramolecular Hbond substituents is 1. The fourth-order valence-electron chi connectivity index (χ4n) is 1.78. The molecule has 0 saturated carbocycles. The Bertz CT molecular complexity index is 362. The molecule has 1 aromatic carbocycles. The van der Waals surface area contributed by atoms with E-state index in [0.29, 0.717) is 11.6 Å². The molecule has 1 aromatic rings. The van der Waals surface area contributed by atoms with Crippen molar-refractivity contribution in [1.29, 1.82) is 0 Å². The van der Waals surface area contributed by atoms with Crippen LogP contribution in [-0.4, -0.2) is 24.8 Å². The molecule has 2 rings (SSSR count). The van der Waals surface area contributed by atoms with Gasteiger partial charge in [0.25, 0.3) is 0 Å². The van der Waals surface area contributed by atoms with Gasteiger partial charge in [-0.3, -0.25) is 0 Å². The Morgan fingerprint density at radius 1 is 1.53 bits per heavy atom. The molecule has 0 radical (unpaired) electrons. The van der Waals surface area contributed by atoms with Crippen molar-refractivity contribution in [2.45, 2.75) is 13.0 Å². The minimum Gasteiger partial charge on any atom is -0.506 e. The third-order valence-corrected chi connectivity index (χ3v) is 2.91. The summed E-state index contributed by atoms with van der Waals surface area (Å²) in [7, 11) is 0. The molecule has 4 heteroatoms. The summed E-state index contributed by atoms with van der Waals surface area (Å²) in [4.78, 5) is 0. The smallest absolute Gasteiger partial charge is 0.134 e. The molecule has 1 unspecified atom stereocenters. The Morgan fingerprint density at radius 3 is 3.00 bits per heavy atom. The van der Waals surface area contributed by atoms with Crippen LogP contribution in [-0.2, 0) is 4.74 Å². The molecule has 1 heterocycles. The lowest BCUT2D eigenvalue weighted by atomic mass is 10.0. The van der Waals surface area contributed by atoms with E-state index < -0.39 is 0 Å². The number of hydrogen-bond donors (Lipinski definition) is 2. The fraction of sp³-hybridized carbons (Fsp3) is 0.455. The predicted molar refractivity (Wildman–Crippen MR) is 59.4 cm³/mol. The summed E-state index contributed by atoms with van der Waals surface area (Å²) < 4.78 is 5.60. The SMILES string of the molecule is Cc1cc(O)c(Cl)c(C2CNCCO2)c1. The van der Waals surface area contributed by atoms with Gasteiger partial charge in [0.15, 0.2) is 0 Å². The topological polar surface area (TPSA) is 41.5 Å². The summed E-state index contributed by atoms with van der Waals surface area (Å²) in [5.74, 6) is 0.126. The minimum atomic E-state index is -0.0583. The van der Waals surface area contributed by atoms with E-state index in [1.807, 2.05) is 13.0 Å². The zero-order valence-electron chi connectivity index (χ0n) is 8.59. The van der Waals surface area contributed by atoms with E-state index in [-0.39, 0.29) is 11.9 Å². The Balaban J connectivity index is 2.33. The monoisotopic (exact) mass is 227 g/mol. The number of aromatic hydroxyl groups is 1. The lowest BCUT2D eigenvalue weighted by molar-refractivity contribution is 0.0276. The van der Waals surface area contributed by atoms with Crippen LogP contribution >= 0.6 is 11.6 Å². The molecular formula is C11H14ClNO2. The van der Waals surface area contributed by atoms with Crippen LogP contribution in [0.3, 0.4) is 0 Å². The quantitative estimate of drug-likeness (QED) is 0.771. The number of benzene rings is 1. The Labute approximate surface area is 94.0 Å². The number of phenols is 1. The third kappa shape index (κ3) is 2.25. The van der Waals surface area contributed by atoms with Crippen molar-refractivity contribution >= 4 is 11.6 Å². The summed E-state index contributed by atoms with van der Waals surface area (Å²) in [6, 6.07) is 3.61. The van der Waals surface area contributed by atoms with Crippen molar-refractivity contribution in [3.63, 3.8) is 0 Å². The minimum absolute atomic E-state index is 0.0583. The normalized spacial score (nSPS) is 21.6. The van der Waals surface area contributed by atoms with Gasteiger partial charge in [-0.25, -0.2) is 0 Å². The molecule has 1 fully saturated rings. The molecule has 3 nitrogen and oxygen atoms in total. The number of aryl methyl sites for hydroxylation is 1. The van der Waals surface area contributed by atoms with Gasteiger partial charge in [0.1, 0.15) is 5.75 Å². The molecule has 82 valence electrons. The van der Waals surface area contributed by atoms with Gasteiger partial charge in [-0.1, -0.05) is 17.7 Å². The molecule has 1 aliphatic heterocycles. The van der Waals surface area contributed by atoms with E-state index in [2.05, 4.69) is 5.32 Å². The van der Waals surface area contributed by atoms with E-state index in [9.17, 15) is 5.11 Å². The van der Waals surface area contributed by atoms with Gasteiger partial charge in [-0.15, -0.1) is 0 Å². The van der Waals surface area contributed by atoms with E-state index in [4.69, 9.17) is 16.3 Å². The van der Waals surface area contributed by atoms with Crippen molar-refractivity contribution in [3.8, 4) is 5.75 Å². The van der Waals surface area contributed by atoms with Crippen LogP contribution in [0.4, 0.5) is 0 Å². The number of halogens is 1. The zero-order chi connectivity index (χ0) is 10.8. The van der Waals surface area contributed by atoms with Crippen LogP contribution in [0.25, 0.3) is 0 Å². The van der Waals surface area contributed by atoms with Gasteiger partial charge >= 0.3 is 0 Å². The fourth-order valence-corrected chi connectivity index (χ4v) is 2.01. The second-order valence-electron chi connectivity index (χ2n) is 3.75. The molecular weight excluding hydrogens is 214 g/mol. The Hall–Kier alpha value is -0.770. The van der Waals surface area contributed by atoms with Crippen molar-refractivity contribution < 1.29 is 9.84 Å². The van der Waals surface area contributed by atoms with E-state index >= 15 is 0 Å². The summed E-state index contributed by atoms with van der Waals surface area (Å²) >= 11 is 6.04. The molecule has 1 saturated heterocycles. The first kappa shape index (κ1) is 10.7. The average Bonchev–Trinajstić information content (AvgIpc) is 2.24. The van der Waals surface area contributed by atoms with Crippen LogP contribution < -0.4 is 5.32 Å². The molecule has 2 N–H and O–H groups in total. The highest BCUT2D eigenvalue weighted by molar-refractivity contribution is 6.32. The highest BCUT2D eigenvalue weighted by Crippen LogP contribution is 2.34. The van der Waals surface area contributed by atoms with E-state index in [0.717, 1.165) is 24.2 Å². The Morgan fingerprint density at radius 2 is 2.33 bits per heavy atom. The van der Waals surface area contributed by atoms with Crippen LogP contribution in [0.2, 0.25) is 5.02 Å². The summed E-state index contributed by atoms with van der Waals surface area (Å²) in [6.07, 6.45) is -0.0583. The van der Waals surface area contributed by atoms with Crippen LogP contribution in [0.1, 0.15) is 17.2 Å². The highest BCUT2D eigenvalue weighted by Gasteiger charge is 2.20. The lowest BCUT2D eigenvalue weighted by Crippen LogP contribution is -2.33. The first-order valence-electron chi connectivity index (χ1n) is 5.00. The van der Waals surface area contributed by atoms with Crippen LogP contribution in [0.15, 0.2) is 12.1 Å².